The summed E-state index contributed by atoms with van der Waals surface area (Å²) >= 11 is 0. The predicted molar refractivity (Wildman–Crippen MR) is 428 cm³/mol. The highest BCUT2D eigenvalue weighted by Crippen LogP contribution is 2.25. The maximum Gasteiger partial charge on any atom is 0.226 e. The van der Waals surface area contributed by atoms with E-state index in [0.717, 1.165) is 30.9 Å². The molecule has 0 fully saturated rings. The third kappa shape index (κ3) is 95.0. The summed E-state index contributed by atoms with van der Waals surface area (Å²) in [5.41, 5.74) is 1.48. The summed E-state index contributed by atoms with van der Waals surface area (Å²) < 4.78 is 121. The van der Waals surface area contributed by atoms with Gasteiger partial charge in [0.25, 0.3) is 0 Å². The molecule has 1 aromatic carbocycles. The molecule has 0 saturated heterocycles. The topological polar surface area (TPSA) is 267 Å². The Labute approximate surface area is 652 Å². The second-order valence-corrected chi connectivity index (χ2v) is 32.8. The normalized spacial score (nSPS) is 11.5. The zero-order chi connectivity index (χ0) is 82.8. The number of hydrogen-bond donors (Lipinski definition) is 0. The van der Waals surface area contributed by atoms with Crippen molar-refractivity contribution in [1.29, 1.82) is 0 Å². The van der Waals surface area contributed by atoms with Crippen LogP contribution >= 0.6 is 0 Å². The van der Waals surface area contributed by atoms with E-state index in [1.54, 1.807) is 88.0 Å². The van der Waals surface area contributed by atoms with E-state index in [-0.39, 0.29) is 59.1 Å². The summed E-state index contributed by atoms with van der Waals surface area (Å²) in [6.07, 6.45) is 4.83. The van der Waals surface area contributed by atoms with Crippen LogP contribution in [0.3, 0.4) is 0 Å². The number of rotatable bonds is 57. The van der Waals surface area contributed by atoms with Crippen molar-refractivity contribution in [2.24, 2.45) is 39.9 Å². The summed E-state index contributed by atoms with van der Waals surface area (Å²) in [5.74, 6) is 4.50. The molecule has 0 atom stereocenters. The van der Waals surface area contributed by atoms with Gasteiger partial charge < -0.3 is 94.9 Å². The molecule has 0 radical (unpaired) electrons. The SMILES string of the molecule is COCCCC(=O)CC(C)(C)C.COCCCS(=O)(=O)CC(C)(C)C.COCCN(CCOC)C(=O)CC(C)C.COCCOCC(C)(C)C.COCCOCC(COCCOC)OCC(C)C.COCCOCN(COCCOC)C(=O)CC(C)C.COCCOc1cc(CC(C)C)cc(OCCOC)c1. The van der Waals surface area contributed by atoms with Crippen LogP contribution in [-0.2, 0) is 111 Å². The molecule has 0 unspecified atom stereocenters. The first-order valence-electron chi connectivity index (χ1n) is 37.9. The minimum absolute atomic E-state index is 0.0267. The summed E-state index contributed by atoms with van der Waals surface area (Å²) in [5, 5.41) is 0. The van der Waals surface area contributed by atoms with Crippen LogP contribution in [0.1, 0.15) is 162 Å². The molecule has 1 rings (SSSR count). The van der Waals surface area contributed by atoms with Crippen LogP contribution in [0, 0.1) is 39.9 Å². The van der Waals surface area contributed by atoms with Gasteiger partial charge in [-0.2, -0.15) is 0 Å². The van der Waals surface area contributed by atoms with E-state index < -0.39 is 9.84 Å². The highest BCUT2D eigenvalue weighted by Gasteiger charge is 2.22. The molecule has 107 heavy (non-hydrogen) atoms. The Balaban J connectivity index is -0.000000281. The average molecular weight is 1570 g/mol. The number of nitrogens with zero attached hydrogens (tertiary/aromatic N) is 2. The summed E-state index contributed by atoms with van der Waals surface area (Å²) in [7, 11) is 15.2. The van der Waals surface area contributed by atoms with Crippen molar-refractivity contribution in [3.8, 4) is 11.5 Å². The molecular weight excluding hydrogens is 1400 g/mol. The highest BCUT2D eigenvalue weighted by atomic mass is 32.2. The zero-order valence-corrected chi connectivity index (χ0v) is 73.8. The van der Waals surface area contributed by atoms with Gasteiger partial charge in [0, 0.05) is 143 Å². The van der Waals surface area contributed by atoms with Crippen LogP contribution in [0.2, 0.25) is 0 Å². The fourth-order valence-electron chi connectivity index (χ4n) is 8.36. The van der Waals surface area contributed by atoms with Gasteiger partial charge in [0.2, 0.25) is 11.8 Å². The van der Waals surface area contributed by atoms with Crippen LogP contribution in [0.15, 0.2) is 18.2 Å². The lowest BCUT2D eigenvalue weighted by atomic mass is 9.89. The molecule has 2 amide bonds. The molecule has 26 nitrogen and oxygen atoms in total. The maximum absolute atomic E-state index is 12.0. The Morgan fingerprint density at radius 2 is 0.766 bits per heavy atom. The number of ether oxygens (including phenoxy) is 19. The molecule has 0 aliphatic rings. The van der Waals surface area contributed by atoms with Gasteiger partial charge in [-0.25, -0.2) is 8.42 Å². The van der Waals surface area contributed by atoms with Crippen molar-refractivity contribution in [2.45, 2.75) is 169 Å². The summed E-state index contributed by atoms with van der Waals surface area (Å²) in [6.45, 7) is 49.8. The second-order valence-electron chi connectivity index (χ2n) is 30.6. The lowest BCUT2D eigenvalue weighted by Crippen LogP contribution is -2.37. The molecule has 0 bridgehead atoms. The van der Waals surface area contributed by atoms with E-state index >= 15 is 0 Å². The first-order chi connectivity index (χ1) is 50.4. The van der Waals surface area contributed by atoms with Crippen LogP contribution in [0.25, 0.3) is 0 Å². The number of carbonyl (C=O) groups excluding carboxylic acids is 3. The fourth-order valence-corrected chi connectivity index (χ4v) is 10.4. The number of ketones is 1. The number of sulfone groups is 1. The van der Waals surface area contributed by atoms with Crippen LogP contribution < -0.4 is 9.47 Å². The summed E-state index contributed by atoms with van der Waals surface area (Å²) in [4.78, 5) is 38.4. The molecule has 0 N–H and O–H groups in total. The van der Waals surface area contributed by atoms with E-state index in [9.17, 15) is 22.8 Å². The molecule has 642 valence electrons. The van der Waals surface area contributed by atoms with Gasteiger partial charge in [-0.05, 0) is 76.9 Å². The van der Waals surface area contributed by atoms with Crippen LogP contribution in [-0.4, -0.2) is 304 Å². The predicted octanol–water partition coefficient (Wildman–Crippen LogP) is 12.1. The standard InChI is InChI=1S/C16H26O4.C13H27NO5.C13H28O5.C11H23NO3.C10H20O2.C9H20O3S.C8H18O2/c1-13(2)9-14-10-15(19-7-5-17-3)12-16(11-14)20-8-6-18-4;1-12(2)9-13(15)14(10-18-7-5-16-3)11-19-8-6-17-4;1-12(2)9-18-13(10-16-7-5-14-3)11-17-8-6-15-4;1-10(2)9-11(13)12(5-7-14-3)6-8-15-4;1-10(2,3)8-9(11)6-5-7-12-4;1-9(2,3)8-13(10,11)7-5-6-12-4;1-8(2,3)7-10-6-5-9-4/h10-13H,5-9H2,1-4H3;12H,5-11H2,1-4H3;12-13H,5-11H2,1-4H3;10H,5-9H2,1-4H3;5-8H2,1-4H3;5-8H2,1-4H3;5-7H2,1-4H3. The van der Waals surface area contributed by atoms with E-state index in [4.69, 9.17) is 90.0 Å². The Kier molecular flexibility index (Phi) is 83.5. The lowest BCUT2D eigenvalue weighted by Gasteiger charge is -2.23. The number of amides is 2. The first kappa shape index (κ1) is 115. The number of methoxy groups -OCH3 is 11. The van der Waals surface area contributed by atoms with Gasteiger partial charge in [0.1, 0.15) is 50.1 Å². The van der Waals surface area contributed by atoms with Crippen molar-refractivity contribution < 1.29 is 113 Å². The molecular formula is C80H162N2O24S. The van der Waals surface area contributed by atoms with Crippen molar-refractivity contribution in [3.05, 3.63) is 23.8 Å². The highest BCUT2D eigenvalue weighted by molar-refractivity contribution is 7.91. The Morgan fingerprint density at radius 3 is 1.12 bits per heavy atom. The van der Waals surface area contributed by atoms with Crippen molar-refractivity contribution >= 4 is 27.4 Å². The Morgan fingerprint density at radius 1 is 0.393 bits per heavy atom. The third-order valence-electron chi connectivity index (χ3n) is 13.1. The van der Waals surface area contributed by atoms with Gasteiger partial charge in [-0.1, -0.05) is 118 Å². The molecule has 0 heterocycles. The van der Waals surface area contributed by atoms with Crippen molar-refractivity contribution in [3.63, 3.8) is 0 Å². The molecule has 0 aliphatic carbocycles. The average Bonchev–Trinajstić information content (AvgIpc) is 0.859. The minimum atomic E-state index is -2.89. The van der Waals surface area contributed by atoms with Gasteiger partial charge in [-0.15, -0.1) is 0 Å². The monoisotopic (exact) mass is 1570 g/mol. The smallest absolute Gasteiger partial charge is 0.226 e. The molecule has 27 heteroatoms. The first-order valence-corrected chi connectivity index (χ1v) is 39.7. The molecule has 1 aromatic rings. The lowest BCUT2D eigenvalue weighted by molar-refractivity contribution is -0.147. The summed E-state index contributed by atoms with van der Waals surface area (Å²) in [6, 6.07) is 6.05. The molecule has 0 aliphatic heterocycles. The van der Waals surface area contributed by atoms with E-state index in [2.05, 4.69) is 81.4 Å². The Bertz CT molecular complexity index is 2130. The van der Waals surface area contributed by atoms with Gasteiger partial charge in [0.15, 0.2) is 9.84 Å². The number of benzene rings is 1. The van der Waals surface area contributed by atoms with Crippen LogP contribution in [0.5, 0.6) is 11.5 Å². The molecule has 0 spiro atoms. The van der Waals surface area contributed by atoms with E-state index in [1.165, 1.54) is 5.56 Å². The molecule has 0 aromatic heterocycles. The van der Waals surface area contributed by atoms with Crippen molar-refractivity contribution in [2.75, 3.05) is 262 Å². The van der Waals surface area contributed by atoms with Gasteiger partial charge in [-0.3, -0.25) is 19.3 Å². The number of Topliss-reactive ketones (excluding diaryl/α,β-unsaturated/α-hetero) is 1. The third-order valence-corrected chi connectivity index (χ3v) is 15.4. The van der Waals surface area contributed by atoms with E-state index in [1.807, 2.05) is 54.5 Å². The number of carbonyl (C=O) groups is 3. The van der Waals surface area contributed by atoms with Gasteiger partial charge >= 0.3 is 0 Å². The number of hydrogen-bond acceptors (Lipinski definition) is 24. The second kappa shape index (κ2) is 78.0. The van der Waals surface area contributed by atoms with Crippen LogP contribution in [0.4, 0.5) is 0 Å². The fraction of sp³-hybridized carbons (Fsp3) is 0.887. The minimum Gasteiger partial charge on any atom is -0.491 e. The van der Waals surface area contributed by atoms with Gasteiger partial charge in [0.05, 0.1) is 124 Å². The largest absolute Gasteiger partial charge is 0.491 e. The van der Waals surface area contributed by atoms with E-state index in [0.29, 0.717) is 213 Å². The van der Waals surface area contributed by atoms with Crippen molar-refractivity contribution in [1.82, 2.24) is 9.80 Å². The zero-order valence-electron chi connectivity index (χ0n) is 73.0. The molecule has 0 saturated carbocycles. The Hall–Kier alpha value is -3.30. The maximum atomic E-state index is 12.0. The quantitative estimate of drug-likeness (QED) is 0.0433.